The molecule has 2 atom stereocenters. The predicted octanol–water partition coefficient (Wildman–Crippen LogP) is 12.9. The molecule has 0 radical (unpaired) electrons. The molecule has 0 bridgehead atoms. The van der Waals surface area contributed by atoms with Crippen molar-refractivity contribution in [1.82, 2.24) is 0 Å². The molecule has 44 heavy (non-hydrogen) atoms. The molecule has 0 heterocycles. The highest BCUT2D eigenvalue weighted by atomic mass is 14.4. The standard InChI is InChI=1S/C36H28.4C2H6/c1-2-22-10-11-23-15-17-32-27(13-12-24-14-16-31(22)35(23)36(24)32)19-28-8-5-9-29-20-30-18-25-6-3-4-7-26(25)21-33(30)34(28)29;4*1-2/h3-18,21,35-36H,2,19-20H2,1H3;4*1-2H3. The highest BCUT2D eigenvalue weighted by molar-refractivity contribution is 5.92. The third-order valence-electron chi connectivity index (χ3n) is 8.95. The van der Waals surface area contributed by atoms with E-state index in [0.29, 0.717) is 11.8 Å². The average molecular weight is 581 g/mol. The van der Waals surface area contributed by atoms with Crippen LogP contribution in [0.4, 0.5) is 0 Å². The second kappa shape index (κ2) is 15.2. The zero-order chi connectivity index (χ0) is 31.8. The molecule has 0 heteroatoms. The lowest BCUT2D eigenvalue weighted by molar-refractivity contribution is 0.550. The van der Waals surface area contributed by atoms with Crippen LogP contribution in [0.2, 0.25) is 0 Å². The summed E-state index contributed by atoms with van der Waals surface area (Å²) in [6, 6.07) is 20.6. The minimum Gasteiger partial charge on any atom is -0.0683 e. The molecule has 2 unspecified atom stereocenters. The Kier molecular flexibility index (Phi) is 11.4. The van der Waals surface area contributed by atoms with Gasteiger partial charge in [0, 0.05) is 11.8 Å². The van der Waals surface area contributed by atoms with Gasteiger partial charge in [0.1, 0.15) is 0 Å². The van der Waals surface area contributed by atoms with Crippen molar-refractivity contribution in [3.8, 4) is 11.1 Å². The van der Waals surface area contributed by atoms with E-state index in [-0.39, 0.29) is 0 Å². The molecule has 5 aliphatic rings. The number of benzene rings is 3. The van der Waals surface area contributed by atoms with Gasteiger partial charge in [-0.15, -0.1) is 0 Å². The van der Waals surface area contributed by atoms with Crippen molar-refractivity contribution in [2.24, 2.45) is 11.8 Å². The summed E-state index contributed by atoms with van der Waals surface area (Å²) in [7, 11) is 0. The van der Waals surface area contributed by atoms with Crippen LogP contribution in [0.15, 0.2) is 137 Å². The van der Waals surface area contributed by atoms with Crippen LogP contribution in [0.3, 0.4) is 0 Å². The molecule has 0 fully saturated rings. The van der Waals surface area contributed by atoms with Crippen molar-refractivity contribution in [1.29, 1.82) is 0 Å². The molecule has 3 aromatic carbocycles. The van der Waals surface area contributed by atoms with Gasteiger partial charge in [-0.05, 0) is 97.4 Å². The van der Waals surface area contributed by atoms with E-state index in [1.54, 1.807) is 0 Å². The van der Waals surface area contributed by atoms with Gasteiger partial charge in [0.15, 0.2) is 0 Å². The van der Waals surface area contributed by atoms with Crippen molar-refractivity contribution < 1.29 is 0 Å². The van der Waals surface area contributed by atoms with Crippen molar-refractivity contribution >= 4 is 10.8 Å². The van der Waals surface area contributed by atoms with Crippen LogP contribution in [0.25, 0.3) is 21.9 Å². The molecular formula is C44H52. The molecule has 0 nitrogen and oxygen atoms in total. The fourth-order valence-electron chi connectivity index (χ4n) is 7.26. The van der Waals surface area contributed by atoms with E-state index in [4.69, 9.17) is 0 Å². The lowest BCUT2D eigenvalue weighted by Gasteiger charge is -2.42. The zero-order valence-corrected chi connectivity index (χ0v) is 28.6. The van der Waals surface area contributed by atoms with Gasteiger partial charge in [-0.25, -0.2) is 0 Å². The lowest BCUT2D eigenvalue weighted by atomic mass is 9.61. The lowest BCUT2D eigenvalue weighted by Crippen LogP contribution is -2.30. The first-order chi connectivity index (χ1) is 21.8. The van der Waals surface area contributed by atoms with Crippen LogP contribution < -0.4 is 0 Å². The van der Waals surface area contributed by atoms with Gasteiger partial charge < -0.3 is 0 Å². The topological polar surface area (TPSA) is 0 Å². The number of rotatable bonds is 3. The minimum absolute atomic E-state index is 0.449. The van der Waals surface area contributed by atoms with E-state index < -0.39 is 0 Å². The molecule has 8 rings (SSSR count). The SMILES string of the molecule is CC.CC.CC.CC.CCC1=C2C=CC3=CC=C(Cc4cccc5c4-c4cc6ccccc6cc4C5)C4=CC=C(C=C1)C2C34. The molecule has 0 aliphatic heterocycles. The molecule has 0 saturated heterocycles. The Morgan fingerprint density at radius 3 is 2.00 bits per heavy atom. The third-order valence-corrected chi connectivity index (χ3v) is 8.95. The molecule has 3 aromatic rings. The second-order valence-electron chi connectivity index (χ2n) is 10.8. The normalized spacial score (nSPS) is 18.9. The van der Waals surface area contributed by atoms with E-state index in [1.165, 1.54) is 72.0 Å². The van der Waals surface area contributed by atoms with E-state index in [1.807, 2.05) is 55.4 Å². The first kappa shape index (κ1) is 33.0. The maximum Gasteiger partial charge on any atom is 0.0202 e. The summed E-state index contributed by atoms with van der Waals surface area (Å²) >= 11 is 0. The molecule has 0 N–H and O–H groups in total. The van der Waals surface area contributed by atoms with Gasteiger partial charge in [-0.3, -0.25) is 0 Å². The van der Waals surface area contributed by atoms with Crippen molar-refractivity contribution in [2.75, 3.05) is 0 Å². The smallest absolute Gasteiger partial charge is 0.0202 e. The third kappa shape index (κ3) is 5.80. The number of hydrogen-bond donors (Lipinski definition) is 0. The van der Waals surface area contributed by atoms with E-state index in [2.05, 4.69) is 110 Å². The summed E-state index contributed by atoms with van der Waals surface area (Å²) in [5.41, 5.74) is 16.2. The van der Waals surface area contributed by atoms with Crippen molar-refractivity contribution in [3.05, 3.63) is 153 Å². The summed E-state index contributed by atoms with van der Waals surface area (Å²) in [5, 5.41) is 2.68. The number of allylic oxidation sites excluding steroid dienone is 14. The summed E-state index contributed by atoms with van der Waals surface area (Å²) in [6.45, 7) is 18.3. The molecule has 0 saturated carbocycles. The van der Waals surface area contributed by atoms with Gasteiger partial charge >= 0.3 is 0 Å². The largest absolute Gasteiger partial charge is 0.0683 e. The quantitative estimate of drug-likeness (QED) is 0.226. The minimum atomic E-state index is 0.449. The Hall–Kier alpha value is -3.90. The molecule has 0 amide bonds. The van der Waals surface area contributed by atoms with Crippen LogP contribution in [0.5, 0.6) is 0 Å². The second-order valence-corrected chi connectivity index (χ2v) is 10.8. The van der Waals surface area contributed by atoms with Crippen molar-refractivity contribution in [3.63, 3.8) is 0 Å². The van der Waals surface area contributed by atoms with E-state index >= 15 is 0 Å². The highest BCUT2D eigenvalue weighted by Crippen LogP contribution is 2.52. The van der Waals surface area contributed by atoms with Crippen LogP contribution in [-0.4, -0.2) is 0 Å². The summed E-state index contributed by atoms with van der Waals surface area (Å²) in [4.78, 5) is 0. The Balaban J connectivity index is 0.000000514. The molecule has 5 aliphatic carbocycles. The fraction of sp³-hybridized carbons (Fsp3) is 0.318. The van der Waals surface area contributed by atoms with Gasteiger partial charge in [-0.1, -0.05) is 159 Å². The fourth-order valence-corrected chi connectivity index (χ4v) is 7.26. The van der Waals surface area contributed by atoms with Crippen LogP contribution >= 0.6 is 0 Å². The Morgan fingerprint density at radius 1 is 0.614 bits per heavy atom. The predicted molar refractivity (Wildman–Crippen MR) is 196 cm³/mol. The summed E-state index contributed by atoms with van der Waals surface area (Å²) < 4.78 is 0. The molecule has 0 spiro atoms. The average Bonchev–Trinajstić information content (AvgIpc) is 3.48. The first-order valence-corrected chi connectivity index (χ1v) is 17.3. The molecule has 228 valence electrons. The first-order valence-electron chi connectivity index (χ1n) is 17.3. The monoisotopic (exact) mass is 580 g/mol. The van der Waals surface area contributed by atoms with Crippen LogP contribution in [0, 0.1) is 11.8 Å². The highest BCUT2D eigenvalue weighted by Gasteiger charge is 2.40. The van der Waals surface area contributed by atoms with Gasteiger partial charge in [0.05, 0.1) is 0 Å². The van der Waals surface area contributed by atoms with Gasteiger partial charge in [0.25, 0.3) is 0 Å². The zero-order valence-electron chi connectivity index (χ0n) is 28.6. The maximum absolute atomic E-state index is 2.42. The van der Waals surface area contributed by atoms with Crippen LogP contribution in [0.1, 0.15) is 85.4 Å². The van der Waals surface area contributed by atoms with Gasteiger partial charge in [0.2, 0.25) is 0 Å². The summed E-state index contributed by atoms with van der Waals surface area (Å²) in [5.74, 6) is 0.919. The summed E-state index contributed by atoms with van der Waals surface area (Å²) in [6.07, 6.45) is 22.2. The van der Waals surface area contributed by atoms with E-state index in [0.717, 1.165) is 19.3 Å². The number of hydrogen-bond acceptors (Lipinski definition) is 0. The van der Waals surface area contributed by atoms with E-state index in [9.17, 15) is 0 Å². The molecular weight excluding hydrogens is 528 g/mol. The van der Waals surface area contributed by atoms with Crippen molar-refractivity contribution in [2.45, 2.75) is 81.6 Å². The Bertz CT molecular complexity index is 1710. The van der Waals surface area contributed by atoms with Gasteiger partial charge in [-0.2, -0.15) is 0 Å². The Morgan fingerprint density at radius 2 is 1.27 bits per heavy atom. The van der Waals surface area contributed by atoms with Crippen LogP contribution in [-0.2, 0) is 12.8 Å². The Labute approximate surface area is 268 Å². The maximum atomic E-state index is 2.42. The number of fused-ring (bicyclic) bond motifs is 4. The molecule has 0 aromatic heterocycles.